The third-order valence-corrected chi connectivity index (χ3v) is 5.97. The summed E-state index contributed by atoms with van der Waals surface area (Å²) in [6, 6.07) is 9.48. The van der Waals surface area contributed by atoms with Crippen LogP contribution in [0.4, 0.5) is 4.39 Å². The predicted octanol–water partition coefficient (Wildman–Crippen LogP) is 3.92. The Labute approximate surface area is 179 Å². The summed E-state index contributed by atoms with van der Waals surface area (Å²) in [5.74, 6) is 0.335. The van der Waals surface area contributed by atoms with Crippen molar-refractivity contribution in [3.05, 3.63) is 52.8 Å². The molecule has 0 aromatic heterocycles. The number of ether oxygens (including phenoxy) is 2. The van der Waals surface area contributed by atoms with Crippen molar-refractivity contribution >= 4 is 24.0 Å². The van der Waals surface area contributed by atoms with E-state index >= 15 is 0 Å². The molecule has 0 bridgehead atoms. The first-order valence-electron chi connectivity index (χ1n) is 9.74. The van der Waals surface area contributed by atoms with E-state index in [4.69, 9.17) is 26.8 Å². The number of amides is 1. The number of hydrogen-bond acceptors (Lipinski definition) is 4. The molecule has 8 heteroatoms. The van der Waals surface area contributed by atoms with Gasteiger partial charge in [-0.15, -0.1) is 0 Å². The minimum Gasteiger partial charge on any atom is -0.487 e. The van der Waals surface area contributed by atoms with Gasteiger partial charge in [0.05, 0.1) is 0 Å². The van der Waals surface area contributed by atoms with Gasteiger partial charge in [-0.3, -0.25) is 9.69 Å². The van der Waals surface area contributed by atoms with Crippen LogP contribution >= 0.6 is 11.6 Å². The first-order chi connectivity index (χ1) is 14.3. The Morgan fingerprint density at radius 1 is 1.33 bits per heavy atom. The summed E-state index contributed by atoms with van der Waals surface area (Å²) in [5, 5.41) is 0.313. The predicted molar refractivity (Wildman–Crippen MR) is 113 cm³/mol. The van der Waals surface area contributed by atoms with Crippen LogP contribution in [0.5, 0.6) is 5.75 Å². The molecule has 2 aromatic carbocycles. The van der Waals surface area contributed by atoms with Gasteiger partial charge in [-0.1, -0.05) is 17.7 Å². The van der Waals surface area contributed by atoms with Gasteiger partial charge in [0.2, 0.25) is 6.41 Å². The first-order valence-corrected chi connectivity index (χ1v) is 10.1. The Morgan fingerprint density at radius 3 is 2.87 bits per heavy atom. The number of benzene rings is 2. The third kappa shape index (κ3) is 3.63. The smallest absolute Gasteiger partial charge is 0.216 e. The SMILES string of the molecule is CN(C=O)C(N)=N[C@H]1c2cc(-c3cc(F)cc(Cl)c3)ccc2O[C@H]2CCCO[C@@]21C. The molecule has 2 aromatic rings. The quantitative estimate of drug-likeness (QED) is 0.454. The topological polar surface area (TPSA) is 77.2 Å². The van der Waals surface area contributed by atoms with Crippen molar-refractivity contribution in [1.82, 2.24) is 4.90 Å². The molecule has 2 N–H and O–H groups in total. The molecule has 1 amide bonds. The molecule has 158 valence electrons. The maximum atomic E-state index is 13.9. The first kappa shape index (κ1) is 20.6. The van der Waals surface area contributed by atoms with Crippen molar-refractivity contribution in [2.24, 2.45) is 10.7 Å². The average Bonchev–Trinajstić information content (AvgIpc) is 2.72. The van der Waals surface area contributed by atoms with Gasteiger partial charge in [-0.05, 0) is 61.2 Å². The van der Waals surface area contributed by atoms with Crippen molar-refractivity contribution in [3.8, 4) is 16.9 Å². The zero-order chi connectivity index (χ0) is 21.5. The largest absolute Gasteiger partial charge is 0.487 e. The van der Waals surface area contributed by atoms with E-state index in [0.717, 1.165) is 24.0 Å². The summed E-state index contributed by atoms with van der Waals surface area (Å²) in [6.07, 6.45) is 2.12. The second-order valence-corrected chi connectivity index (χ2v) is 8.23. The Morgan fingerprint density at radius 2 is 2.13 bits per heavy atom. The zero-order valence-corrected chi connectivity index (χ0v) is 17.5. The molecular weight excluding hydrogens is 409 g/mol. The van der Waals surface area contributed by atoms with Gasteiger partial charge in [0.25, 0.3) is 0 Å². The van der Waals surface area contributed by atoms with Crippen molar-refractivity contribution < 1.29 is 18.7 Å². The van der Waals surface area contributed by atoms with Crippen LogP contribution in [0.25, 0.3) is 11.1 Å². The van der Waals surface area contributed by atoms with E-state index in [9.17, 15) is 9.18 Å². The maximum absolute atomic E-state index is 13.9. The summed E-state index contributed by atoms with van der Waals surface area (Å²) in [4.78, 5) is 17.0. The number of hydrogen-bond donors (Lipinski definition) is 1. The van der Waals surface area contributed by atoms with Gasteiger partial charge >= 0.3 is 0 Å². The molecule has 4 rings (SSSR count). The highest BCUT2D eigenvalue weighted by Gasteiger charge is 2.51. The third-order valence-electron chi connectivity index (χ3n) is 5.76. The molecule has 6 nitrogen and oxygen atoms in total. The molecule has 3 atom stereocenters. The molecule has 2 aliphatic heterocycles. The fourth-order valence-corrected chi connectivity index (χ4v) is 4.30. The molecule has 30 heavy (non-hydrogen) atoms. The number of fused-ring (bicyclic) bond motifs is 2. The van der Waals surface area contributed by atoms with Gasteiger partial charge in [-0.2, -0.15) is 0 Å². The monoisotopic (exact) mass is 431 g/mol. The normalized spacial score (nSPS) is 25.7. The number of guanidine groups is 1. The van der Waals surface area contributed by atoms with E-state index in [-0.39, 0.29) is 12.1 Å². The summed E-state index contributed by atoms with van der Waals surface area (Å²) in [5.41, 5.74) is 7.48. The van der Waals surface area contributed by atoms with E-state index in [1.165, 1.54) is 17.0 Å². The Bertz CT molecular complexity index is 995. The number of nitrogens with zero attached hydrogens (tertiary/aromatic N) is 2. The summed E-state index contributed by atoms with van der Waals surface area (Å²) in [7, 11) is 1.54. The maximum Gasteiger partial charge on any atom is 0.216 e. The summed E-state index contributed by atoms with van der Waals surface area (Å²) >= 11 is 6.04. The van der Waals surface area contributed by atoms with E-state index in [1.54, 1.807) is 13.1 Å². The lowest BCUT2D eigenvalue weighted by Crippen LogP contribution is -2.55. The second-order valence-electron chi connectivity index (χ2n) is 7.80. The molecule has 1 saturated heterocycles. The van der Waals surface area contributed by atoms with Crippen molar-refractivity contribution in [2.45, 2.75) is 37.5 Å². The number of nitrogens with two attached hydrogens (primary N) is 1. The summed E-state index contributed by atoms with van der Waals surface area (Å²) in [6.45, 7) is 2.54. The fraction of sp³-hybridized carbons (Fsp3) is 0.364. The Kier molecular flexibility index (Phi) is 5.42. The number of halogens is 2. The van der Waals surface area contributed by atoms with Gasteiger partial charge in [-0.25, -0.2) is 9.38 Å². The van der Waals surface area contributed by atoms with Crippen molar-refractivity contribution in [2.75, 3.05) is 13.7 Å². The molecule has 0 aliphatic carbocycles. The zero-order valence-electron chi connectivity index (χ0n) is 16.8. The molecule has 0 saturated carbocycles. The standard InChI is InChI=1S/C22H23ClFN3O3/c1-22-19(4-3-7-29-22)30-18-6-5-13(14-8-15(23)11-16(24)9-14)10-17(18)20(22)26-21(25)27(2)12-28/h5-6,8-12,19-20H,3-4,7H2,1-2H3,(H2,25,26)/t19-,20-,22-/m0/s1. The van der Waals surface area contributed by atoms with Crippen LogP contribution in [-0.4, -0.2) is 42.6 Å². The highest BCUT2D eigenvalue weighted by molar-refractivity contribution is 6.30. The Hall–Kier alpha value is -2.64. The lowest BCUT2D eigenvalue weighted by Gasteiger charge is -2.48. The minimum atomic E-state index is -0.752. The Balaban J connectivity index is 1.86. The highest BCUT2D eigenvalue weighted by atomic mass is 35.5. The minimum absolute atomic E-state index is 0.0798. The molecule has 0 radical (unpaired) electrons. The lowest BCUT2D eigenvalue weighted by molar-refractivity contribution is -0.156. The number of carbonyl (C=O) groups excluding carboxylic acids is 1. The van der Waals surface area contributed by atoms with Gasteiger partial charge in [0.1, 0.15) is 29.3 Å². The van der Waals surface area contributed by atoms with Crippen LogP contribution in [0.2, 0.25) is 5.02 Å². The van der Waals surface area contributed by atoms with Gasteiger partial charge in [0.15, 0.2) is 5.96 Å². The van der Waals surface area contributed by atoms with E-state index in [2.05, 4.69) is 4.99 Å². The summed E-state index contributed by atoms with van der Waals surface area (Å²) < 4.78 is 26.3. The lowest BCUT2D eigenvalue weighted by atomic mass is 9.79. The molecular formula is C22H23ClFN3O3. The van der Waals surface area contributed by atoms with E-state index < -0.39 is 17.5 Å². The van der Waals surface area contributed by atoms with Gasteiger partial charge < -0.3 is 15.2 Å². The van der Waals surface area contributed by atoms with Crippen LogP contribution in [0.1, 0.15) is 31.4 Å². The molecule has 0 unspecified atom stereocenters. The average molecular weight is 432 g/mol. The van der Waals surface area contributed by atoms with Crippen LogP contribution in [0, 0.1) is 5.82 Å². The molecule has 1 fully saturated rings. The number of rotatable bonds is 3. The highest BCUT2D eigenvalue weighted by Crippen LogP contribution is 2.49. The molecule has 0 spiro atoms. The van der Waals surface area contributed by atoms with E-state index in [1.807, 2.05) is 25.1 Å². The number of aliphatic imine (C=N–C) groups is 1. The fourth-order valence-electron chi connectivity index (χ4n) is 4.08. The van der Waals surface area contributed by atoms with Crippen molar-refractivity contribution in [3.63, 3.8) is 0 Å². The van der Waals surface area contributed by atoms with Crippen LogP contribution in [0.3, 0.4) is 0 Å². The van der Waals surface area contributed by atoms with Crippen molar-refractivity contribution in [1.29, 1.82) is 0 Å². The number of carbonyl (C=O) groups is 1. The second kappa shape index (κ2) is 7.89. The van der Waals surface area contributed by atoms with E-state index in [0.29, 0.717) is 29.4 Å². The van der Waals surface area contributed by atoms with Crippen LogP contribution in [0.15, 0.2) is 41.4 Å². The molecule has 2 aliphatic rings. The van der Waals surface area contributed by atoms with Crippen LogP contribution in [-0.2, 0) is 9.53 Å². The molecule has 2 heterocycles. The van der Waals surface area contributed by atoms with Crippen LogP contribution < -0.4 is 10.5 Å². The van der Waals surface area contributed by atoms with Gasteiger partial charge in [0, 0.05) is 24.2 Å².